The fourth-order valence-electron chi connectivity index (χ4n) is 4.49. The third-order valence-electron chi connectivity index (χ3n) is 6.02. The number of hydrogen-bond acceptors (Lipinski definition) is 3. The highest BCUT2D eigenvalue weighted by Crippen LogP contribution is 2.39. The number of pyridine rings is 1. The Morgan fingerprint density at radius 2 is 1.97 bits per heavy atom. The van der Waals surface area contributed by atoms with Crippen LogP contribution in [0.5, 0.6) is 0 Å². The summed E-state index contributed by atoms with van der Waals surface area (Å²) in [6.45, 7) is 0.910. The van der Waals surface area contributed by atoms with Gasteiger partial charge in [0.1, 0.15) is 5.56 Å². The van der Waals surface area contributed by atoms with E-state index in [1.54, 1.807) is 11.0 Å². The van der Waals surface area contributed by atoms with Crippen LogP contribution in [0.2, 0.25) is 0 Å². The number of fused-ring (bicyclic) bond motifs is 1. The molecule has 1 aromatic carbocycles. The van der Waals surface area contributed by atoms with Crippen molar-refractivity contribution in [3.8, 4) is 0 Å². The van der Waals surface area contributed by atoms with Crippen molar-refractivity contribution in [2.24, 2.45) is 11.8 Å². The van der Waals surface area contributed by atoms with Gasteiger partial charge in [0.2, 0.25) is 0 Å². The van der Waals surface area contributed by atoms with Crippen molar-refractivity contribution in [2.45, 2.75) is 25.1 Å². The van der Waals surface area contributed by atoms with Crippen molar-refractivity contribution in [3.63, 3.8) is 0 Å². The van der Waals surface area contributed by atoms with Crippen molar-refractivity contribution >= 4 is 27.7 Å². The largest absolute Gasteiger partial charge is 0.619 e. The van der Waals surface area contributed by atoms with Gasteiger partial charge in [-0.05, 0) is 59.0 Å². The summed E-state index contributed by atoms with van der Waals surface area (Å²) < 4.78 is 39.3. The number of aromatic nitrogens is 1. The first-order chi connectivity index (χ1) is 14.6. The number of rotatable bonds is 3. The van der Waals surface area contributed by atoms with E-state index < -0.39 is 11.7 Å². The molecule has 0 radical (unpaired) electrons. The quantitative estimate of drug-likeness (QED) is 0.521. The monoisotopic (exact) mass is 497 g/mol. The van der Waals surface area contributed by atoms with Crippen molar-refractivity contribution in [2.75, 3.05) is 13.1 Å². The van der Waals surface area contributed by atoms with E-state index in [0.717, 1.165) is 25.0 Å². The third-order valence-corrected chi connectivity index (χ3v) is 6.68. The van der Waals surface area contributed by atoms with Gasteiger partial charge in [-0.15, -0.1) is 0 Å². The molecule has 2 aromatic rings. The van der Waals surface area contributed by atoms with Gasteiger partial charge in [-0.1, -0.05) is 0 Å². The molecule has 6 nitrogen and oxygen atoms in total. The van der Waals surface area contributed by atoms with E-state index in [9.17, 15) is 28.0 Å². The van der Waals surface area contributed by atoms with Crippen LogP contribution in [-0.2, 0) is 6.18 Å². The number of hydrogen-bond donors (Lipinski definition) is 1. The summed E-state index contributed by atoms with van der Waals surface area (Å²) >= 11 is 3.09. The molecule has 0 bridgehead atoms. The average Bonchev–Trinajstić information content (AvgIpc) is 3.28. The number of carbonyl (C=O) groups excluding carboxylic acids is 2. The SMILES string of the molecule is O=C(NC1CCC2CN(C(=O)c3ccc(C(F)(F)F)cc3Br)CC21)c1ccc[n+]([O-])c1. The third kappa shape index (κ3) is 4.39. The molecule has 2 heterocycles. The number of nitrogens with zero attached hydrogens (tertiary/aromatic N) is 2. The lowest BCUT2D eigenvalue weighted by molar-refractivity contribution is -0.605. The lowest BCUT2D eigenvalue weighted by Crippen LogP contribution is -2.41. The van der Waals surface area contributed by atoms with Crippen molar-refractivity contribution in [1.29, 1.82) is 0 Å². The van der Waals surface area contributed by atoms with Gasteiger partial charge in [-0.25, -0.2) is 0 Å². The van der Waals surface area contributed by atoms with E-state index >= 15 is 0 Å². The first-order valence-corrected chi connectivity index (χ1v) is 10.6. The summed E-state index contributed by atoms with van der Waals surface area (Å²) in [4.78, 5) is 27.1. The van der Waals surface area contributed by atoms with Crippen molar-refractivity contribution < 1.29 is 27.5 Å². The van der Waals surface area contributed by atoms with Crippen LogP contribution in [-0.4, -0.2) is 35.8 Å². The van der Waals surface area contributed by atoms with Crippen LogP contribution >= 0.6 is 15.9 Å². The standard InChI is InChI=1S/C21H19BrF3N3O3/c22-17-8-14(21(23,24)25)4-5-15(17)20(30)27-9-12-3-6-18(16(12)11-27)26-19(29)13-2-1-7-28(31)10-13/h1-2,4-5,7-8,10,12,16,18H,3,6,9,11H2,(H,26,29). The molecule has 4 rings (SSSR count). The Kier molecular flexibility index (Phi) is 5.67. The molecule has 1 N–H and O–H groups in total. The first-order valence-electron chi connectivity index (χ1n) is 9.79. The van der Waals surface area contributed by atoms with Crippen LogP contribution in [0.1, 0.15) is 39.1 Å². The Morgan fingerprint density at radius 3 is 2.65 bits per heavy atom. The second-order valence-corrected chi connectivity index (χ2v) is 8.79. The van der Waals surface area contributed by atoms with Crippen molar-refractivity contribution in [3.05, 3.63) is 69.1 Å². The number of nitrogens with one attached hydrogen (secondary N) is 1. The molecule has 1 aromatic heterocycles. The Hall–Kier alpha value is -2.62. The number of alkyl halides is 3. The fourth-order valence-corrected chi connectivity index (χ4v) is 5.03. The van der Waals surface area contributed by atoms with Gasteiger partial charge >= 0.3 is 6.18 Å². The Balaban J connectivity index is 1.44. The molecule has 3 atom stereocenters. The summed E-state index contributed by atoms with van der Waals surface area (Å²) in [6.07, 6.45) is -0.373. The van der Waals surface area contributed by atoms with E-state index in [1.165, 1.54) is 24.5 Å². The highest BCUT2D eigenvalue weighted by Gasteiger charge is 2.45. The number of benzene rings is 1. The van der Waals surface area contributed by atoms with Crippen LogP contribution in [0.15, 0.2) is 47.2 Å². The minimum absolute atomic E-state index is 0.0595. The van der Waals surface area contributed by atoms with E-state index in [4.69, 9.17) is 0 Å². The molecule has 1 saturated carbocycles. The number of halogens is 4. The molecule has 1 aliphatic carbocycles. The average molecular weight is 498 g/mol. The topological polar surface area (TPSA) is 76.4 Å². The minimum atomic E-state index is -4.48. The molecule has 1 saturated heterocycles. The van der Waals surface area contributed by atoms with Gasteiger partial charge in [0, 0.05) is 35.6 Å². The zero-order valence-corrected chi connectivity index (χ0v) is 17.8. The maximum Gasteiger partial charge on any atom is 0.416 e. The predicted octanol–water partition coefficient (Wildman–Crippen LogP) is 3.38. The summed E-state index contributed by atoms with van der Waals surface area (Å²) in [5.41, 5.74) is -0.379. The van der Waals surface area contributed by atoms with Crippen LogP contribution in [0.25, 0.3) is 0 Å². The van der Waals surface area contributed by atoms with Crippen molar-refractivity contribution in [1.82, 2.24) is 10.2 Å². The molecule has 3 unspecified atom stereocenters. The van der Waals surface area contributed by atoms with Gasteiger partial charge < -0.3 is 15.4 Å². The molecule has 2 amide bonds. The first kappa shape index (κ1) is 21.6. The summed E-state index contributed by atoms with van der Waals surface area (Å²) in [5.74, 6) is -0.409. The summed E-state index contributed by atoms with van der Waals surface area (Å²) in [5, 5.41) is 14.4. The molecule has 2 fully saturated rings. The zero-order valence-electron chi connectivity index (χ0n) is 16.2. The molecule has 0 spiro atoms. The minimum Gasteiger partial charge on any atom is -0.619 e. The Labute approximate surface area is 184 Å². The summed E-state index contributed by atoms with van der Waals surface area (Å²) in [7, 11) is 0. The molecule has 10 heteroatoms. The lowest BCUT2D eigenvalue weighted by atomic mass is 9.97. The van der Waals surface area contributed by atoms with Gasteiger partial charge in [-0.3, -0.25) is 9.59 Å². The lowest BCUT2D eigenvalue weighted by Gasteiger charge is -2.22. The summed E-state index contributed by atoms with van der Waals surface area (Å²) in [6, 6.07) is 5.93. The molecular formula is C21H19BrF3N3O3. The highest BCUT2D eigenvalue weighted by atomic mass is 79.9. The molecular weight excluding hydrogens is 479 g/mol. The van der Waals surface area contributed by atoms with Crippen LogP contribution in [0.4, 0.5) is 13.2 Å². The number of likely N-dealkylation sites (tertiary alicyclic amines) is 1. The van der Waals surface area contributed by atoms with E-state index in [1.807, 2.05) is 0 Å². The van der Waals surface area contributed by atoms with Crippen LogP contribution in [0, 0.1) is 17.0 Å². The smallest absolute Gasteiger partial charge is 0.416 e. The normalized spacial score (nSPS) is 23.0. The maximum atomic E-state index is 12.9. The van der Waals surface area contributed by atoms with E-state index in [0.29, 0.717) is 17.8 Å². The maximum absolute atomic E-state index is 12.9. The second kappa shape index (κ2) is 8.14. The second-order valence-electron chi connectivity index (χ2n) is 7.94. The van der Waals surface area contributed by atoms with Crippen LogP contribution in [0.3, 0.4) is 0 Å². The highest BCUT2D eigenvalue weighted by molar-refractivity contribution is 9.10. The predicted molar refractivity (Wildman–Crippen MR) is 108 cm³/mol. The molecule has 31 heavy (non-hydrogen) atoms. The molecule has 164 valence electrons. The van der Waals surface area contributed by atoms with Gasteiger partial charge in [0.25, 0.3) is 11.8 Å². The molecule has 1 aliphatic heterocycles. The van der Waals surface area contributed by atoms with Gasteiger partial charge in [-0.2, -0.15) is 17.9 Å². The van der Waals surface area contributed by atoms with Gasteiger partial charge in [0.05, 0.1) is 11.1 Å². The zero-order chi connectivity index (χ0) is 22.3. The van der Waals surface area contributed by atoms with Gasteiger partial charge in [0.15, 0.2) is 12.4 Å². The fraction of sp³-hybridized carbons (Fsp3) is 0.381. The Morgan fingerprint density at radius 1 is 1.19 bits per heavy atom. The Bertz CT molecular complexity index is 1030. The van der Waals surface area contributed by atoms with E-state index in [2.05, 4.69) is 21.2 Å². The molecule has 2 aliphatic rings. The van der Waals surface area contributed by atoms with E-state index in [-0.39, 0.29) is 45.3 Å². The number of amides is 2. The number of carbonyl (C=O) groups is 2. The van der Waals surface area contributed by atoms with Crippen LogP contribution < -0.4 is 10.0 Å².